The summed E-state index contributed by atoms with van der Waals surface area (Å²) in [5.74, 6) is 1.12. The van der Waals surface area contributed by atoms with E-state index in [1.54, 1.807) is 11.2 Å². The van der Waals surface area contributed by atoms with Gasteiger partial charge in [-0.1, -0.05) is 6.92 Å². The van der Waals surface area contributed by atoms with Crippen molar-refractivity contribution < 1.29 is 13.9 Å². The largest absolute Gasteiger partial charge is 0.448 e. The van der Waals surface area contributed by atoms with E-state index >= 15 is 0 Å². The molecule has 20 heavy (non-hydrogen) atoms. The number of carbonyl (C=O) groups is 1. The predicted molar refractivity (Wildman–Crippen MR) is 75.7 cm³/mol. The molecular formula is C15H24N2O3. The van der Waals surface area contributed by atoms with Crippen molar-refractivity contribution in [1.29, 1.82) is 0 Å². The minimum absolute atomic E-state index is 0.224. The van der Waals surface area contributed by atoms with Crippen molar-refractivity contribution in [2.24, 2.45) is 0 Å². The second-order valence-corrected chi connectivity index (χ2v) is 6.27. The molecule has 0 N–H and O–H groups in total. The van der Waals surface area contributed by atoms with Gasteiger partial charge in [0, 0.05) is 19.0 Å². The van der Waals surface area contributed by atoms with Gasteiger partial charge >= 0.3 is 6.09 Å². The van der Waals surface area contributed by atoms with Crippen LogP contribution in [0.25, 0.3) is 0 Å². The van der Waals surface area contributed by atoms with Crippen LogP contribution in [0.2, 0.25) is 0 Å². The first-order valence-electron chi connectivity index (χ1n) is 7.31. The fourth-order valence-electron chi connectivity index (χ4n) is 2.31. The number of carbonyl (C=O) groups excluding carboxylic acids is 1. The van der Waals surface area contributed by atoms with Crippen LogP contribution in [0.15, 0.2) is 10.7 Å². The number of ether oxygens (including phenoxy) is 1. The van der Waals surface area contributed by atoms with Crippen LogP contribution < -0.4 is 0 Å². The quantitative estimate of drug-likeness (QED) is 0.833. The smallest absolute Gasteiger partial charge is 0.410 e. The number of aromatic nitrogens is 1. The van der Waals surface area contributed by atoms with E-state index in [0.717, 1.165) is 30.8 Å². The first-order chi connectivity index (χ1) is 9.39. The van der Waals surface area contributed by atoms with E-state index in [9.17, 15) is 4.79 Å². The van der Waals surface area contributed by atoms with E-state index in [-0.39, 0.29) is 6.09 Å². The summed E-state index contributed by atoms with van der Waals surface area (Å²) in [5, 5.41) is 0. The van der Waals surface area contributed by atoms with Crippen LogP contribution in [-0.2, 0) is 11.2 Å². The number of piperidine rings is 1. The number of nitrogens with zero attached hydrogens (tertiary/aromatic N) is 2. The summed E-state index contributed by atoms with van der Waals surface area (Å²) >= 11 is 0. The lowest BCUT2D eigenvalue weighted by atomic mass is 9.97. The van der Waals surface area contributed by atoms with Crippen molar-refractivity contribution in [3.05, 3.63) is 17.8 Å². The van der Waals surface area contributed by atoms with Gasteiger partial charge in [0.25, 0.3) is 0 Å². The monoisotopic (exact) mass is 280 g/mol. The van der Waals surface area contributed by atoms with Crippen molar-refractivity contribution in [2.45, 2.75) is 58.5 Å². The summed E-state index contributed by atoms with van der Waals surface area (Å²) in [5.41, 5.74) is 0.557. The Balaban J connectivity index is 1.87. The van der Waals surface area contributed by atoms with Gasteiger partial charge in [-0.3, -0.25) is 0 Å². The van der Waals surface area contributed by atoms with Crippen LogP contribution in [-0.4, -0.2) is 34.7 Å². The van der Waals surface area contributed by atoms with E-state index in [4.69, 9.17) is 9.15 Å². The van der Waals surface area contributed by atoms with Crippen LogP contribution in [0.5, 0.6) is 0 Å². The average molecular weight is 280 g/mol. The Morgan fingerprint density at radius 3 is 2.60 bits per heavy atom. The maximum atomic E-state index is 12.0. The van der Waals surface area contributed by atoms with Crippen LogP contribution >= 0.6 is 0 Å². The molecule has 2 rings (SSSR count). The molecule has 0 bridgehead atoms. The molecule has 112 valence electrons. The molecule has 1 fully saturated rings. The molecule has 0 unspecified atom stereocenters. The lowest BCUT2D eigenvalue weighted by Gasteiger charge is -2.32. The van der Waals surface area contributed by atoms with Crippen molar-refractivity contribution in [2.75, 3.05) is 13.1 Å². The Bertz CT molecular complexity index is 454. The highest BCUT2D eigenvalue weighted by atomic mass is 16.6. The first kappa shape index (κ1) is 14.9. The van der Waals surface area contributed by atoms with Gasteiger partial charge in [-0.25, -0.2) is 9.78 Å². The van der Waals surface area contributed by atoms with Gasteiger partial charge in [-0.2, -0.15) is 0 Å². The third-order valence-corrected chi connectivity index (χ3v) is 3.43. The van der Waals surface area contributed by atoms with E-state index < -0.39 is 5.60 Å². The molecule has 1 aromatic rings. The van der Waals surface area contributed by atoms with E-state index in [1.807, 2.05) is 20.8 Å². The molecule has 0 radical (unpaired) electrons. The Morgan fingerprint density at radius 1 is 1.45 bits per heavy atom. The zero-order valence-electron chi connectivity index (χ0n) is 12.8. The maximum Gasteiger partial charge on any atom is 0.410 e. The highest BCUT2D eigenvalue weighted by molar-refractivity contribution is 5.68. The Morgan fingerprint density at radius 2 is 2.10 bits per heavy atom. The molecular weight excluding hydrogens is 256 g/mol. The van der Waals surface area contributed by atoms with Gasteiger partial charge in [0.15, 0.2) is 5.89 Å². The number of amides is 1. The molecule has 5 nitrogen and oxygen atoms in total. The lowest BCUT2D eigenvalue weighted by Crippen LogP contribution is -2.41. The molecule has 0 atom stereocenters. The molecule has 1 amide bonds. The molecule has 0 spiro atoms. The highest BCUT2D eigenvalue weighted by Gasteiger charge is 2.29. The molecule has 0 aromatic carbocycles. The summed E-state index contributed by atoms with van der Waals surface area (Å²) in [6, 6.07) is 0. The van der Waals surface area contributed by atoms with Gasteiger partial charge in [0.05, 0.1) is 5.69 Å². The van der Waals surface area contributed by atoms with Gasteiger partial charge in [0.2, 0.25) is 0 Å². The molecule has 1 saturated heterocycles. The molecule has 5 heteroatoms. The third kappa shape index (κ3) is 3.74. The number of likely N-dealkylation sites (tertiary alicyclic amines) is 1. The zero-order valence-corrected chi connectivity index (χ0v) is 12.8. The topological polar surface area (TPSA) is 55.6 Å². The lowest BCUT2D eigenvalue weighted by molar-refractivity contribution is 0.0199. The first-order valence-corrected chi connectivity index (χ1v) is 7.31. The highest BCUT2D eigenvalue weighted by Crippen LogP contribution is 2.28. The molecule has 0 saturated carbocycles. The van der Waals surface area contributed by atoms with Crippen molar-refractivity contribution in [1.82, 2.24) is 9.88 Å². The van der Waals surface area contributed by atoms with Crippen LogP contribution in [0.3, 0.4) is 0 Å². The number of hydrogen-bond donors (Lipinski definition) is 0. The molecule has 1 aliphatic heterocycles. The SMILES string of the molecule is CCc1coc(C2CCN(C(=O)OC(C)(C)C)CC2)n1. The summed E-state index contributed by atoms with van der Waals surface area (Å²) in [7, 11) is 0. The summed E-state index contributed by atoms with van der Waals surface area (Å²) < 4.78 is 10.9. The normalized spacial score (nSPS) is 17.3. The van der Waals surface area contributed by atoms with Crippen molar-refractivity contribution in [3.8, 4) is 0 Å². The average Bonchev–Trinajstić information content (AvgIpc) is 2.85. The fraction of sp³-hybridized carbons (Fsp3) is 0.733. The Labute approximate surface area is 120 Å². The van der Waals surface area contributed by atoms with E-state index in [2.05, 4.69) is 11.9 Å². The maximum absolute atomic E-state index is 12.0. The summed E-state index contributed by atoms with van der Waals surface area (Å²) in [6.45, 7) is 9.11. The molecule has 0 aliphatic carbocycles. The van der Waals surface area contributed by atoms with Crippen LogP contribution in [0, 0.1) is 0 Å². The standard InChI is InChI=1S/C15H24N2O3/c1-5-12-10-19-13(16-12)11-6-8-17(9-7-11)14(18)20-15(2,3)4/h10-11H,5-9H2,1-4H3. The van der Waals surface area contributed by atoms with Gasteiger partial charge < -0.3 is 14.1 Å². The number of oxazole rings is 1. The van der Waals surface area contributed by atoms with Gasteiger partial charge in [-0.05, 0) is 40.0 Å². The number of hydrogen-bond acceptors (Lipinski definition) is 4. The van der Waals surface area contributed by atoms with Gasteiger partial charge in [0.1, 0.15) is 11.9 Å². The second kappa shape index (κ2) is 5.85. The molecule has 1 aliphatic rings. The van der Waals surface area contributed by atoms with Crippen LogP contribution in [0.4, 0.5) is 4.79 Å². The molecule has 1 aromatic heterocycles. The zero-order chi connectivity index (χ0) is 14.8. The van der Waals surface area contributed by atoms with E-state index in [1.165, 1.54) is 0 Å². The number of aryl methyl sites for hydroxylation is 1. The Kier molecular flexibility index (Phi) is 4.35. The molecule has 2 heterocycles. The van der Waals surface area contributed by atoms with Crippen LogP contribution in [0.1, 0.15) is 58.0 Å². The minimum atomic E-state index is -0.438. The van der Waals surface area contributed by atoms with Crippen molar-refractivity contribution >= 4 is 6.09 Å². The second-order valence-electron chi connectivity index (χ2n) is 6.27. The fourth-order valence-corrected chi connectivity index (χ4v) is 2.31. The third-order valence-electron chi connectivity index (χ3n) is 3.43. The predicted octanol–water partition coefficient (Wildman–Crippen LogP) is 3.35. The van der Waals surface area contributed by atoms with Crippen molar-refractivity contribution in [3.63, 3.8) is 0 Å². The minimum Gasteiger partial charge on any atom is -0.448 e. The number of rotatable bonds is 2. The van der Waals surface area contributed by atoms with E-state index in [0.29, 0.717) is 19.0 Å². The Hall–Kier alpha value is -1.52. The summed E-state index contributed by atoms with van der Waals surface area (Å²) in [6.07, 6.45) is 4.15. The summed E-state index contributed by atoms with van der Waals surface area (Å²) in [4.78, 5) is 18.2. The van der Waals surface area contributed by atoms with Gasteiger partial charge in [-0.15, -0.1) is 0 Å².